The Morgan fingerprint density at radius 2 is 2.12 bits per heavy atom. The van der Waals surface area contributed by atoms with E-state index < -0.39 is 5.92 Å². The van der Waals surface area contributed by atoms with Gasteiger partial charge < -0.3 is 15.3 Å². The van der Waals surface area contributed by atoms with E-state index in [1.807, 2.05) is 13.1 Å². The van der Waals surface area contributed by atoms with Gasteiger partial charge in [0, 0.05) is 32.3 Å². The first-order valence-corrected chi connectivity index (χ1v) is 8.21. The summed E-state index contributed by atoms with van der Waals surface area (Å²) in [6.45, 7) is 1.89. The van der Waals surface area contributed by atoms with Crippen LogP contribution in [0.2, 0.25) is 0 Å². The van der Waals surface area contributed by atoms with E-state index in [1.165, 1.54) is 0 Å². The van der Waals surface area contributed by atoms with Crippen LogP contribution in [0.15, 0.2) is 30.6 Å². The number of rotatable bonds is 3. The summed E-state index contributed by atoms with van der Waals surface area (Å²) in [7, 11) is 3.51. The van der Waals surface area contributed by atoms with E-state index in [1.54, 1.807) is 48.1 Å². The topological polar surface area (TPSA) is 87.5 Å². The second-order valence-corrected chi connectivity index (χ2v) is 6.55. The number of nitrogens with one attached hydrogen (secondary N) is 1. The highest BCUT2D eigenvalue weighted by molar-refractivity contribution is 5.95. The molecule has 0 bridgehead atoms. The van der Waals surface area contributed by atoms with Crippen molar-refractivity contribution in [3.05, 3.63) is 41.7 Å². The number of carbonyl (C=O) groups is 2. The fourth-order valence-corrected chi connectivity index (χ4v) is 3.34. The summed E-state index contributed by atoms with van der Waals surface area (Å²) in [4.78, 5) is 26.6. The summed E-state index contributed by atoms with van der Waals surface area (Å²) in [6.07, 6.45) is 4.29. The van der Waals surface area contributed by atoms with Gasteiger partial charge in [-0.25, -0.2) is 0 Å². The van der Waals surface area contributed by atoms with E-state index in [9.17, 15) is 14.7 Å². The molecule has 0 aliphatic carbocycles. The molecule has 0 radical (unpaired) electrons. The molecule has 132 valence electrons. The monoisotopic (exact) mass is 342 g/mol. The molecule has 1 fully saturated rings. The highest BCUT2D eigenvalue weighted by Gasteiger charge is 2.39. The van der Waals surface area contributed by atoms with Crippen molar-refractivity contribution in [2.45, 2.75) is 25.8 Å². The Balaban J connectivity index is 1.88. The molecular formula is C18H22N4O3. The van der Waals surface area contributed by atoms with E-state index in [0.29, 0.717) is 18.5 Å². The third-order valence-corrected chi connectivity index (χ3v) is 4.67. The third kappa shape index (κ3) is 3.35. The van der Waals surface area contributed by atoms with Crippen LogP contribution in [0.3, 0.4) is 0 Å². The molecule has 2 atom stereocenters. The predicted molar refractivity (Wildman–Crippen MR) is 92.9 cm³/mol. The van der Waals surface area contributed by atoms with Crippen molar-refractivity contribution in [1.29, 1.82) is 0 Å². The summed E-state index contributed by atoms with van der Waals surface area (Å²) in [6, 6.07) is 4.68. The Morgan fingerprint density at radius 1 is 1.36 bits per heavy atom. The number of likely N-dealkylation sites (tertiary alicyclic amines) is 1. The van der Waals surface area contributed by atoms with Crippen LogP contribution in [-0.4, -0.2) is 38.6 Å². The average Bonchev–Trinajstić information content (AvgIpc) is 2.99. The summed E-state index contributed by atoms with van der Waals surface area (Å²) in [5, 5.41) is 16.9. The van der Waals surface area contributed by atoms with Crippen LogP contribution in [0.4, 0.5) is 5.69 Å². The minimum Gasteiger partial charge on any atom is -0.506 e. The number of phenols is 1. The van der Waals surface area contributed by atoms with Crippen LogP contribution in [0.25, 0.3) is 0 Å². The second-order valence-electron chi connectivity index (χ2n) is 6.55. The molecule has 2 aromatic rings. The maximum atomic E-state index is 12.9. The Hall–Kier alpha value is -2.83. The molecule has 1 aromatic heterocycles. The number of benzene rings is 1. The molecule has 1 aliphatic heterocycles. The minimum atomic E-state index is -0.410. The van der Waals surface area contributed by atoms with Crippen LogP contribution < -0.4 is 5.32 Å². The molecule has 7 heteroatoms. The first-order chi connectivity index (χ1) is 11.9. The summed E-state index contributed by atoms with van der Waals surface area (Å²) in [5.41, 5.74) is 2.15. The van der Waals surface area contributed by atoms with Crippen LogP contribution in [-0.2, 0) is 16.6 Å². The van der Waals surface area contributed by atoms with Crippen molar-refractivity contribution >= 4 is 17.5 Å². The standard InChI is InChI=1S/C18H22N4O3/c1-11-4-6-15(23)14(8-11)20-18(25)13-5-7-16(24)22(3)17(13)12-9-19-21(2)10-12/h4,6,8-10,13,17,23H,5,7H2,1-3H3,(H,20,25)/t13-,17-/m0/s1. The second kappa shape index (κ2) is 6.58. The first-order valence-electron chi connectivity index (χ1n) is 8.21. The van der Waals surface area contributed by atoms with Gasteiger partial charge in [-0.3, -0.25) is 14.3 Å². The molecule has 1 aromatic carbocycles. The van der Waals surface area contributed by atoms with E-state index in [2.05, 4.69) is 10.4 Å². The van der Waals surface area contributed by atoms with Gasteiger partial charge in [0.15, 0.2) is 0 Å². The lowest BCUT2D eigenvalue weighted by Crippen LogP contribution is -2.44. The van der Waals surface area contributed by atoms with Gasteiger partial charge in [0.25, 0.3) is 0 Å². The number of aromatic nitrogens is 2. The molecule has 1 saturated heterocycles. The Kier molecular flexibility index (Phi) is 4.48. The SMILES string of the molecule is Cc1ccc(O)c(NC(=O)[C@H]2CCC(=O)N(C)[C@H]2c2cnn(C)c2)c1. The molecule has 3 rings (SSSR count). The van der Waals surface area contributed by atoms with Crippen molar-refractivity contribution in [3.63, 3.8) is 0 Å². The van der Waals surface area contributed by atoms with Gasteiger partial charge in [0.05, 0.1) is 23.8 Å². The van der Waals surface area contributed by atoms with E-state index in [4.69, 9.17) is 0 Å². The van der Waals surface area contributed by atoms with Crippen molar-refractivity contribution in [3.8, 4) is 5.75 Å². The van der Waals surface area contributed by atoms with Gasteiger partial charge in [-0.15, -0.1) is 0 Å². The Bertz CT molecular complexity index is 814. The number of hydrogen-bond donors (Lipinski definition) is 2. The van der Waals surface area contributed by atoms with Gasteiger partial charge in [0.1, 0.15) is 5.75 Å². The Labute approximate surface area is 146 Å². The van der Waals surface area contributed by atoms with Crippen LogP contribution >= 0.6 is 0 Å². The largest absolute Gasteiger partial charge is 0.506 e. The van der Waals surface area contributed by atoms with Crippen LogP contribution in [0.1, 0.15) is 30.0 Å². The zero-order valence-corrected chi connectivity index (χ0v) is 14.6. The van der Waals surface area contributed by atoms with E-state index >= 15 is 0 Å². The lowest BCUT2D eigenvalue weighted by molar-refractivity contribution is -0.140. The lowest BCUT2D eigenvalue weighted by atomic mass is 9.85. The fraction of sp³-hybridized carbons (Fsp3) is 0.389. The van der Waals surface area contributed by atoms with Crippen molar-refractivity contribution in [2.75, 3.05) is 12.4 Å². The highest BCUT2D eigenvalue weighted by atomic mass is 16.3. The van der Waals surface area contributed by atoms with Gasteiger partial charge in [-0.1, -0.05) is 6.07 Å². The van der Waals surface area contributed by atoms with Crippen molar-refractivity contribution in [1.82, 2.24) is 14.7 Å². The smallest absolute Gasteiger partial charge is 0.230 e. The van der Waals surface area contributed by atoms with Gasteiger partial charge in [-0.2, -0.15) is 5.10 Å². The van der Waals surface area contributed by atoms with Crippen molar-refractivity contribution in [2.24, 2.45) is 13.0 Å². The molecule has 1 aliphatic rings. The number of aryl methyl sites for hydroxylation is 2. The van der Waals surface area contributed by atoms with Gasteiger partial charge >= 0.3 is 0 Å². The third-order valence-electron chi connectivity index (χ3n) is 4.67. The maximum absolute atomic E-state index is 12.9. The number of anilines is 1. The average molecular weight is 342 g/mol. The number of hydrogen-bond acceptors (Lipinski definition) is 4. The summed E-state index contributed by atoms with van der Waals surface area (Å²) >= 11 is 0. The zero-order valence-electron chi connectivity index (χ0n) is 14.6. The Morgan fingerprint density at radius 3 is 2.80 bits per heavy atom. The van der Waals surface area contributed by atoms with Crippen LogP contribution in [0.5, 0.6) is 5.75 Å². The maximum Gasteiger partial charge on any atom is 0.230 e. The molecule has 2 heterocycles. The summed E-state index contributed by atoms with van der Waals surface area (Å²) in [5.74, 6) is -0.589. The molecule has 0 spiro atoms. The molecule has 0 unspecified atom stereocenters. The first kappa shape index (κ1) is 17.0. The normalized spacial score (nSPS) is 20.6. The lowest BCUT2D eigenvalue weighted by Gasteiger charge is -2.37. The van der Waals surface area contributed by atoms with Crippen LogP contribution in [0, 0.1) is 12.8 Å². The number of aromatic hydroxyl groups is 1. The fourth-order valence-electron chi connectivity index (χ4n) is 3.34. The molecule has 2 N–H and O–H groups in total. The molecule has 7 nitrogen and oxygen atoms in total. The van der Waals surface area contributed by atoms with Crippen molar-refractivity contribution < 1.29 is 14.7 Å². The van der Waals surface area contributed by atoms with Gasteiger partial charge in [-0.05, 0) is 31.0 Å². The predicted octanol–water partition coefficient (Wildman–Crippen LogP) is 1.98. The number of phenolic OH excluding ortho intramolecular Hbond substituents is 1. The molecule has 2 amide bonds. The summed E-state index contributed by atoms with van der Waals surface area (Å²) < 4.78 is 1.66. The number of amides is 2. The molecule has 0 saturated carbocycles. The zero-order chi connectivity index (χ0) is 18.1. The van der Waals surface area contributed by atoms with E-state index in [0.717, 1.165) is 11.1 Å². The van der Waals surface area contributed by atoms with E-state index in [-0.39, 0.29) is 23.6 Å². The molecule has 25 heavy (non-hydrogen) atoms. The number of piperidine rings is 1. The quantitative estimate of drug-likeness (QED) is 0.835. The van der Waals surface area contributed by atoms with Gasteiger partial charge in [0.2, 0.25) is 11.8 Å². The molecular weight excluding hydrogens is 320 g/mol. The minimum absolute atomic E-state index is 0.0105. The number of nitrogens with zero attached hydrogens (tertiary/aromatic N) is 3. The highest BCUT2D eigenvalue weighted by Crippen LogP contribution is 2.37. The number of carbonyl (C=O) groups excluding carboxylic acids is 2.